The Kier molecular flexibility index (Phi) is 6.75. The fourth-order valence-electron chi connectivity index (χ4n) is 4.91. The largest absolute Gasteiger partial charge is 0.507 e. The van der Waals surface area contributed by atoms with Gasteiger partial charge in [0.1, 0.15) is 23.3 Å². The predicted octanol–water partition coefficient (Wildman–Crippen LogP) is 3.23. The lowest BCUT2D eigenvalue weighted by Crippen LogP contribution is -2.38. The quantitative estimate of drug-likeness (QED) is 0.308. The number of rotatable bonds is 7. The predicted molar refractivity (Wildman–Crippen MR) is 133 cm³/mol. The summed E-state index contributed by atoms with van der Waals surface area (Å²) in [6.07, 6.45) is 2.21. The topological polar surface area (TPSA) is 101 Å². The Hall–Kier alpha value is -3.69. The fourth-order valence-corrected chi connectivity index (χ4v) is 4.91. The average molecular weight is 491 g/mol. The minimum absolute atomic E-state index is 0.0245. The van der Waals surface area contributed by atoms with Crippen molar-refractivity contribution in [3.63, 3.8) is 0 Å². The summed E-state index contributed by atoms with van der Waals surface area (Å²) in [5, 5.41) is 15.8. The van der Waals surface area contributed by atoms with E-state index in [1.807, 2.05) is 44.2 Å². The van der Waals surface area contributed by atoms with Crippen LogP contribution in [-0.4, -0.2) is 75.8 Å². The van der Waals surface area contributed by atoms with Crippen LogP contribution in [0.5, 0.6) is 0 Å². The van der Waals surface area contributed by atoms with Crippen molar-refractivity contribution in [2.24, 2.45) is 0 Å². The highest BCUT2D eigenvalue weighted by molar-refractivity contribution is 6.46. The number of ketones is 1. The maximum absolute atomic E-state index is 13.3. The van der Waals surface area contributed by atoms with Crippen molar-refractivity contribution in [1.29, 1.82) is 0 Å². The number of likely N-dealkylation sites (tertiary alicyclic amines) is 1. The van der Waals surface area contributed by atoms with Crippen LogP contribution in [0.3, 0.4) is 0 Å². The second kappa shape index (κ2) is 10.1. The molecule has 9 nitrogen and oxygen atoms in total. The first-order valence-electron chi connectivity index (χ1n) is 12.2. The molecule has 5 rings (SSSR count). The van der Waals surface area contributed by atoms with Gasteiger partial charge in [0.25, 0.3) is 11.7 Å². The molecule has 36 heavy (non-hydrogen) atoms. The summed E-state index contributed by atoms with van der Waals surface area (Å²) < 4.78 is 13.0. The third-order valence-corrected chi connectivity index (χ3v) is 6.81. The van der Waals surface area contributed by atoms with Crippen LogP contribution in [0.4, 0.5) is 0 Å². The average Bonchev–Trinajstić information content (AvgIpc) is 3.57. The van der Waals surface area contributed by atoms with E-state index in [1.165, 1.54) is 11.1 Å². The Morgan fingerprint density at radius 3 is 2.50 bits per heavy atom. The van der Waals surface area contributed by atoms with Crippen LogP contribution >= 0.6 is 0 Å². The molecule has 1 aromatic carbocycles. The van der Waals surface area contributed by atoms with Gasteiger partial charge in [-0.05, 0) is 44.5 Å². The number of aliphatic hydroxyl groups is 1. The van der Waals surface area contributed by atoms with Gasteiger partial charge < -0.3 is 19.2 Å². The number of amides is 1. The van der Waals surface area contributed by atoms with Gasteiger partial charge in [-0.25, -0.2) is 4.68 Å². The molecule has 1 N–H and O–H groups in total. The van der Waals surface area contributed by atoms with Crippen LogP contribution in [0.25, 0.3) is 11.4 Å². The van der Waals surface area contributed by atoms with E-state index >= 15 is 0 Å². The number of aryl methyl sites for hydroxylation is 1. The number of aliphatic hydroxyl groups excluding tert-OH is 1. The van der Waals surface area contributed by atoms with Gasteiger partial charge in [0, 0.05) is 26.2 Å². The third kappa shape index (κ3) is 4.47. The minimum Gasteiger partial charge on any atom is -0.507 e. The van der Waals surface area contributed by atoms with Crippen LogP contribution in [0, 0.1) is 13.8 Å². The van der Waals surface area contributed by atoms with Gasteiger partial charge in [0.15, 0.2) is 0 Å². The van der Waals surface area contributed by atoms with Crippen molar-refractivity contribution >= 4 is 17.4 Å². The van der Waals surface area contributed by atoms with Crippen LogP contribution in [0.15, 0.2) is 58.7 Å². The van der Waals surface area contributed by atoms with Gasteiger partial charge in [-0.3, -0.25) is 14.5 Å². The number of benzene rings is 1. The number of hydrogen-bond acceptors (Lipinski definition) is 7. The van der Waals surface area contributed by atoms with E-state index in [1.54, 1.807) is 16.8 Å². The molecule has 188 valence electrons. The van der Waals surface area contributed by atoms with Gasteiger partial charge >= 0.3 is 0 Å². The normalized spacial score (nSPS) is 20.4. The Labute approximate surface area is 209 Å². The lowest BCUT2D eigenvalue weighted by Gasteiger charge is -2.28. The molecule has 1 amide bonds. The first-order valence-corrected chi connectivity index (χ1v) is 12.2. The van der Waals surface area contributed by atoms with Gasteiger partial charge in [-0.2, -0.15) is 5.10 Å². The summed E-state index contributed by atoms with van der Waals surface area (Å²) in [5.41, 5.74) is 1.91. The molecule has 9 heteroatoms. The number of morpholine rings is 1. The maximum Gasteiger partial charge on any atom is 0.295 e. The molecule has 2 aliphatic rings. The standard InChI is InChI=1S/C27H30N4O5/c1-18-9-10-22(36-18)24-23(25(32)21-17-28-31(19(21)2)20-7-4-3-5-8-20)26(33)27(34)30(24)12-6-11-29-13-15-35-16-14-29/h3-5,7-10,17,24,32H,6,11-16H2,1-2H3/b25-23-. The van der Waals surface area contributed by atoms with Gasteiger partial charge in [-0.15, -0.1) is 0 Å². The van der Waals surface area contributed by atoms with Crippen molar-refractivity contribution in [2.45, 2.75) is 26.3 Å². The second-order valence-electron chi connectivity index (χ2n) is 9.14. The maximum atomic E-state index is 13.3. The highest BCUT2D eigenvalue weighted by Gasteiger charge is 2.47. The first kappa shape index (κ1) is 24.0. The lowest BCUT2D eigenvalue weighted by molar-refractivity contribution is -0.140. The zero-order valence-electron chi connectivity index (χ0n) is 20.5. The van der Waals surface area contributed by atoms with Crippen molar-refractivity contribution in [3.05, 3.63) is 77.0 Å². The smallest absolute Gasteiger partial charge is 0.295 e. The van der Waals surface area contributed by atoms with Gasteiger partial charge in [0.05, 0.1) is 41.9 Å². The highest BCUT2D eigenvalue weighted by Crippen LogP contribution is 2.40. The van der Waals surface area contributed by atoms with E-state index in [9.17, 15) is 14.7 Å². The van der Waals surface area contributed by atoms with Gasteiger partial charge in [-0.1, -0.05) is 18.2 Å². The molecule has 4 heterocycles. The molecule has 0 aliphatic carbocycles. The molecule has 2 saturated heterocycles. The van der Waals surface area contributed by atoms with E-state index in [0.29, 0.717) is 49.0 Å². The fraction of sp³-hybridized carbons (Fsp3) is 0.370. The molecular weight excluding hydrogens is 460 g/mol. The number of hydrogen-bond donors (Lipinski definition) is 1. The zero-order valence-corrected chi connectivity index (χ0v) is 20.5. The van der Waals surface area contributed by atoms with Crippen molar-refractivity contribution in [2.75, 3.05) is 39.4 Å². The van der Waals surface area contributed by atoms with Crippen molar-refractivity contribution in [1.82, 2.24) is 19.6 Å². The molecule has 1 unspecified atom stereocenters. The Morgan fingerprint density at radius 1 is 1.06 bits per heavy atom. The number of nitrogens with zero attached hydrogens (tertiary/aromatic N) is 4. The molecule has 0 radical (unpaired) electrons. The van der Waals surface area contributed by atoms with Crippen LogP contribution in [-0.2, 0) is 14.3 Å². The molecule has 2 aromatic heterocycles. The molecule has 3 aromatic rings. The monoisotopic (exact) mass is 490 g/mol. The number of Topliss-reactive ketones (excluding diaryl/α,β-unsaturated/α-hetero) is 1. The van der Waals surface area contributed by atoms with E-state index in [0.717, 1.165) is 25.3 Å². The molecule has 2 fully saturated rings. The summed E-state index contributed by atoms with van der Waals surface area (Å²) in [6, 6.07) is 12.3. The molecule has 0 saturated carbocycles. The molecule has 0 bridgehead atoms. The molecular formula is C27H30N4O5. The first-order chi connectivity index (χ1) is 17.5. The summed E-state index contributed by atoms with van der Waals surface area (Å²) in [6.45, 7) is 7.89. The zero-order chi connectivity index (χ0) is 25.2. The number of furan rings is 1. The van der Waals surface area contributed by atoms with E-state index in [2.05, 4.69) is 10.00 Å². The van der Waals surface area contributed by atoms with E-state index in [4.69, 9.17) is 9.15 Å². The molecule has 0 spiro atoms. The lowest BCUT2D eigenvalue weighted by atomic mass is 9.99. The highest BCUT2D eigenvalue weighted by atomic mass is 16.5. The number of carbonyl (C=O) groups is 2. The summed E-state index contributed by atoms with van der Waals surface area (Å²) in [5.74, 6) is -0.483. The van der Waals surface area contributed by atoms with Gasteiger partial charge in [0.2, 0.25) is 0 Å². The number of aromatic nitrogens is 2. The van der Waals surface area contributed by atoms with E-state index in [-0.39, 0.29) is 11.3 Å². The van der Waals surface area contributed by atoms with Crippen molar-refractivity contribution in [3.8, 4) is 5.69 Å². The molecule has 1 atom stereocenters. The SMILES string of the molecule is Cc1ccc(C2/C(=C(/O)c3cnn(-c4ccccc4)c3C)C(=O)C(=O)N2CCCN2CCOCC2)o1. The van der Waals surface area contributed by atoms with Crippen molar-refractivity contribution < 1.29 is 23.8 Å². The number of ether oxygens (including phenoxy) is 1. The summed E-state index contributed by atoms with van der Waals surface area (Å²) in [4.78, 5) is 30.2. The van der Waals surface area contributed by atoms with E-state index < -0.39 is 17.7 Å². The minimum atomic E-state index is -0.803. The van der Waals surface area contributed by atoms with Crippen LogP contribution in [0.2, 0.25) is 0 Å². The Bertz CT molecular complexity index is 1290. The summed E-state index contributed by atoms with van der Waals surface area (Å²) in [7, 11) is 0. The number of carbonyl (C=O) groups excluding carboxylic acids is 2. The number of para-hydroxylation sites is 1. The van der Waals surface area contributed by atoms with Crippen LogP contribution in [0.1, 0.15) is 35.2 Å². The Morgan fingerprint density at radius 2 is 1.81 bits per heavy atom. The van der Waals surface area contributed by atoms with Crippen LogP contribution < -0.4 is 0 Å². The molecule has 2 aliphatic heterocycles. The Balaban J connectivity index is 1.49. The summed E-state index contributed by atoms with van der Waals surface area (Å²) >= 11 is 0. The second-order valence-corrected chi connectivity index (χ2v) is 9.14. The third-order valence-electron chi connectivity index (χ3n) is 6.81.